The predicted octanol–water partition coefficient (Wildman–Crippen LogP) is 1.16. The second-order valence-corrected chi connectivity index (χ2v) is 3.43. The van der Waals surface area contributed by atoms with E-state index in [-0.39, 0.29) is 5.56 Å². The van der Waals surface area contributed by atoms with Gasteiger partial charge in [-0.25, -0.2) is 4.79 Å². The molecule has 0 bridgehead atoms. The fourth-order valence-electron chi connectivity index (χ4n) is 1.55. The lowest BCUT2D eigenvalue weighted by Gasteiger charge is -2.13. The number of aromatic nitrogens is 1. The summed E-state index contributed by atoms with van der Waals surface area (Å²) in [6, 6.07) is 3.34. The first-order valence-corrected chi connectivity index (χ1v) is 4.87. The molecule has 0 saturated heterocycles. The molecule has 1 aliphatic heterocycles. The van der Waals surface area contributed by atoms with Crippen molar-refractivity contribution < 1.29 is 9.90 Å². The molecule has 2 rings (SSSR count). The van der Waals surface area contributed by atoms with Crippen molar-refractivity contribution in [1.82, 2.24) is 10.3 Å². The van der Waals surface area contributed by atoms with Crippen molar-refractivity contribution in [1.29, 1.82) is 0 Å². The minimum Gasteiger partial charge on any atom is -0.478 e. The van der Waals surface area contributed by atoms with Crippen LogP contribution in [0.4, 0.5) is 0 Å². The number of carboxylic acid groups (broad SMARTS) is 1. The molecule has 0 atom stereocenters. The first-order chi connectivity index (χ1) is 7.27. The number of rotatable bonds is 2. The van der Waals surface area contributed by atoms with Crippen LogP contribution < -0.4 is 5.32 Å². The van der Waals surface area contributed by atoms with Gasteiger partial charge in [0.25, 0.3) is 0 Å². The summed E-state index contributed by atoms with van der Waals surface area (Å²) < 4.78 is 0. The van der Waals surface area contributed by atoms with E-state index in [0.29, 0.717) is 0 Å². The molecule has 0 aliphatic carbocycles. The molecule has 1 aliphatic rings. The van der Waals surface area contributed by atoms with Crippen LogP contribution >= 0.6 is 0 Å². The highest BCUT2D eigenvalue weighted by atomic mass is 16.4. The molecule has 0 radical (unpaired) electrons. The van der Waals surface area contributed by atoms with Crippen LogP contribution in [0.2, 0.25) is 0 Å². The lowest BCUT2D eigenvalue weighted by Crippen LogP contribution is -2.21. The monoisotopic (exact) mass is 204 g/mol. The van der Waals surface area contributed by atoms with Gasteiger partial charge in [0, 0.05) is 12.7 Å². The van der Waals surface area contributed by atoms with Gasteiger partial charge in [0.1, 0.15) is 0 Å². The quantitative estimate of drug-likeness (QED) is 0.758. The third-order valence-corrected chi connectivity index (χ3v) is 2.37. The van der Waals surface area contributed by atoms with Crippen LogP contribution in [-0.4, -0.2) is 29.1 Å². The van der Waals surface area contributed by atoms with Gasteiger partial charge in [-0.05, 0) is 30.7 Å². The SMILES string of the molecule is O=C(O)c1ccc(C2=CCCNC2)nc1. The summed E-state index contributed by atoms with van der Waals surface area (Å²) >= 11 is 0. The Bertz CT molecular complexity index is 396. The predicted molar refractivity (Wildman–Crippen MR) is 56.7 cm³/mol. The van der Waals surface area contributed by atoms with Crippen LogP contribution in [0.15, 0.2) is 24.4 Å². The number of carbonyl (C=O) groups is 1. The summed E-state index contributed by atoms with van der Waals surface area (Å²) in [7, 11) is 0. The van der Waals surface area contributed by atoms with E-state index < -0.39 is 5.97 Å². The smallest absolute Gasteiger partial charge is 0.337 e. The van der Waals surface area contributed by atoms with E-state index >= 15 is 0 Å². The van der Waals surface area contributed by atoms with Crippen molar-refractivity contribution in [3.63, 3.8) is 0 Å². The Balaban J connectivity index is 2.23. The number of hydrogen-bond acceptors (Lipinski definition) is 3. The Kier molecular flexibility index (Phi) is 2.78. The largest absolute Gasteiger partial charge is 0.478 e. The maximum atomic E-state index is 10.6. The van der Waals surface area contributed by atoms with Crippen LogP contribution in [0.25, 0.3) is 5.57 Å². The van der Waals surface area contributed by atoms with Crippen LogP contribution in [0.3, 0.4) is 0 Å². The summed E-state index contributed by atoms with van der Waals surface area (Å²) in [5, 5.41) is 12.0. The fourth-order valence-corrected chi connectivity index (χ4v) is 1.55. The number of pyridine rings is 1. The average molecular weight is 204 g/mol. The molecule has 2 N–H and O–H groups in total. The maximum absolute atomic E-state index is 10.6. The molecular formula is C11H12N2O2. The molecule has 4 heteroatoms. The summed E-state index contributed by atoms with van der Waals surface area (Å²) in [6.07, 6.45) is 4.53. The van der Waals surface area contributed by atoms with Crippen LogP contribution in [0.5, 0.6) is 0 Å². The molecule has 15 heavy (non-hydrogen) atoms. The molecule has 0 saturated carbocycles. The van der Waals surface area contributed by atoms with Crippen molar-refractivity contribution in [3.8, 4) is 0 Å². The van der Waals surface area contributed by atoms with Crippen molar-refractivity contribution in [2.45, 2.75) is 6.42 Å². The van der Waals surface area contributed by atoms with Crippen molar-refractivity contribution in [2.75, 3.05) is 13.1 Å². The van der Waals surface area contributed by atoms with Gasteiger partial charge >= 0.3 is 5.97 Å². The molecule has 1 aromatic heterocycles. The summed E-state index contributed by atoms with van der Waals surface area (Å²) in [5.41, 5.74) is 2.22. The molecule has 2 heterocycles. The highest BCUT2D eigenvalue weighted by Gasteiger charge is 2.08. The number of aromatic carboxylic acids is 1. The minimum atomic E-state index is -0.940. The molecule has 0 spiro atoms. The highest BCUT2D eigenvalue weighted by molar-refractivity contribution is 5.87. The van der Waals surface area contributed by atoms with Gasteiger partial charge in [0.15, 0.2) is 0 Å². The Morgan fingerprint density at radius 3 is 2.87 bits per heavy atom. The Hall–Kier alpha value is -1.68. The summed E-state index contributed by atoms with van der Waals surface area (Å²) in [4.78, 5) is 14.8. The number of carboxylic acids is 1. The first-order valence-electron chi connectivity index (χ1n) is 4.87. The Morgan fingerprint density at radius 1 is 1.47 bits per heavy atom. The van der Waals surface area contributed by atoms with Crippen LogP contribution in [0, 0.1) is 0 Å². The second kappa shape index (κ2) is 4.23. The molecule has 0 amide bonds. The van der Waals surface area contributed by atoms with Crippen molar-refractivity contribution in [3.05, 3.63) is 35.7 Å². The summed E-state index contributed by atoms with van der Waals surface area (Å²) in [5.74, 6) is -0.940. The number of nitrogens with zero attached hydrogens (tertiary/aromatic N) is 1. The van der Waals surface area contributed by atoms with Crippen LogP contribution in [-0.2, 0) is 0 Å². The van der Waals surface area contributed by atoms with Gasteiger partial charge in [0.2, 0.25) is 0 Å². The zero-order chi connectivity index (χ0) is 10.7. The van der Waals surface area contributed by atoms with Gasteiger partial charge in [-0.3, -0.25) is 4.98 Å². The standard InChI is InChI=1S/C11H12N2O2/c14-11(15)9-3-4-10(13-7-9)8-2-1-5-12-6-8/h2-4,7,12H,1,5-6H2,(H,14,15). The molecule has 4 nitrogen and oxygen atoms in total. The van der Waals surface area contributed by atoms with Gasteiger partial charge in [-0.1, -0.05) is 6.08 Å². The lowest BCUT2D eigenvalue weighted by atomic mass is 10.1. The molecular weight excluding hydrogens is 192 g/mol. The van der Waals surface area contributed by atoms with Crippen LogP contribution in [0.1, 0.15) is 22.5 Å². The molecule has 0 aromatic carbocycles. The minimum absolute atomic E-state index is 0.225. The van der Waals surface area contributed by atoms with Gasteiger partial charge in [-0.15, -0.1) is 0 Å². The Labute approximate surface area is 87.7 Å². The number of nitrogens with one attached hydrogen (secondary N) is 1. The van der Waals surface area contributed by atoms with Gasteiger partial charge < -0.3 is 10.4 Å². The lowest BCUT2D eigenvalue weighted by molar-refractivity contribution is 0.0696. The van der Waals surface area contributed by atoms with Gasteiger partial charge in [0.05, 0.1) is 11.3 Å². The van der Waals surface area contributed by atoms with E-state index in [4.69, 9.17) is 5.11 Å². The number of hydrogen-bond donors (Lipinski definition) is 2. The zero-order valence-electron chi connectivity index (χ0n) is 8.23. The average Bonchev–Trinajstić information content (AvgIpc) is 2.30. The van der Waals surface area contributed by atoms with Crippen molar-refractivity contribution in [2.24, 2.45) is 0 Å². The van der Waals surface area contributed by atoms with E-state index in [9.17, 15) is 4.79 Å². The normalized spacial score (nSPS) is 15.9. The van der Waals surface area contributed by atoms with E-state index in [1.807, 2.05) is 0 Å². The Morgan fingerprint density at radius 2 is 2.33 bits per heavy atom. The van der Waals surface area contributed by atoms with Crippen molar-refractivity contribution >= 4 is 11.5 Å². The third kappa shape index (κ3) is 2.22. The first kappa shape index (κ1) is 9.86. The van der Waals surface area contributed by atoms with E-state index in [2.05, 4.69) is 16.4 Å². The van der Waals surface area contributed by atoms with E-state index in [0.717, 1.165) is 30.8 Å². The maximum Gasteiger partial charge on any atom is 0.337 e. The highest BCUT2D eigenvalue weighted by Crippen LogP contribution is 2.14. The third-order valence-electron chi connectivity index (χ3n) is 2.37. The zero-order valence-corrected chi connectivity index (χ0v) is 8.23. The molecule has 78 valence electrons. The fraction of sp³-hybridized carbons (Fsp3) is 0.273. The van der Waals surface area contributed by atoms with E-state index in [1.165, 1.54) is 6.20 Å². The second-order valence-electron chi connectivity index (χ2n) is 3.43. The molecule has 0 unspecified atom stereocenters. The molecule has 1 aromatic rings. The molecule has 0 fully saturated rings. The van der Waals surface area contributed by atoms with E-state index in [1.54, 1.807) is 12.1 Å². The topological polar surface area (TPSA) is 62.2 Å². The van der Waals surface area contributed by atoms with Gasteiger partial charge in [-0.2, -0.15) is 0 Å². The summed E-state index contributed by atoms with van der Waals surface area (Å²) in [6.45, 7) is 1.80.